The number of hydrogen-bond donors (Lipinski definition) is 1. The second kappa shape index (κ2) is 6.00. The molecule has 2 aromatic rings. The second-order valence-corrected chi connectivity index (χ2v) is 5.34. The standard InChI is InChI=1S/C16H14ClF2NO/c17-13-7-11(18)8-14(19)16(13)20-9-15-12-4-2-1-3-10(12)5-6-21-15/h1-4,7-8,15,20H,5-6,9H2. The van der Waals surface area contributed by atoms with Crippen molar-refractivity contribution in [3.8, 4) is 0 Å². The van der Waals surface area contributed by atoms with E-state index in [9.17, 15) is 8.78 Å². The molecule has 5 heteroatoms. The predicted octanol–water partition coefficient (Wildman–Crippen LogP) is 4.34. The molecule has 1 heterocycles. The lowest BCUT2D eigenvalue weighted by Crippen LogP contribution is -2.23. The van der Waals surface area contributed by atoms with Crippen LogP contribution in [-0.2, 0) is 11.2 Å². The summed E-state index contributed by atoms with van der Waals surface area (Å²) in [7, 11) is 0. The van der Waals surface area contributed by atoms with Crippen LogP contribution in [0.15, 0.2) is 36.4 Å². The summed E-state index contributed by atoms with van der Waals surface area (Å²) in [6.45, 7) is 1.00. The number of nitrogens with one attached hydrogen (secondary N) is 1. The first kappa shape index (κ1) is 14.3. The zero-order valence-electron chi connectivity index (χ0n) is 11.2. The van der Waals surface area contributed by atoms with Crippen molar-refractivity contribution in [3.63, 3.8) is 0 Å². The molecule has 0 saturated heterocycles. The summed E-state index contributed by atoms with van der Waals surface area (Å²) in [5.74, 6) is -1.40. The van der Waals surface area contributed by atoms with Gasteiger partial charge in [-0.15, -0.1) is 0 Å². The maximum absolute atomic E-state index is 13.7. The van der Waals surface area contributed by atoms with Crippen molar-refractivity contribution >= 4 is 17.3 Å². The molecule has 1 atom stereocenters. The minimum Gasteiger partial charge on any atom is -0.378 e. The molecule has 0 aliphatic carbocycles. The molecule has 0 spiro atoms. The van der Waals surface area contributed by atoms with Crippen molar-refractivity contribution in [1.82, 2.24) is 0 Å². The maximum atomic E-state index is 13.7. The number of fused-ring (bicyclic) bond motifs is 1. The Kier molecular flexibility index (Phi) is 4.08. The number of hydrogen-bond acceptors (Lipinski definition) is 2. The van der Waals surface area contributed by atoms with Crippen LogP contribution in [0.1, 0.15) is 17.2 Å². The molecular formula is C16H14ClF2NO. The summed E-state index contributed by atoms with van der Waals surface area (Å²) < 4.78 is 32.5. The third kappa shape index (κ3) is 3.01. The van der Waals surface area contributed by atoms with Crippen LogP contribution in [0.3, 0.4) is 0 Å². The van der Waals surface area contributed by atoms with Gasteiger partial charge in [0.15, 0.2) is 5.82 Å². The zero-order valence-corrected chi connectivity index (χ0v) is 12.0. The minimum atomic E-state index is -0.705. The lowest BCUT2D eigenvalue weighted by molar-refractivity contribution is 0.0513. The van der Waals surface area contributed by atoms with E-state index in [1.165, 1.54) is 5.56 Å². The SMILES string of the molecule is Fc1cc(F)c(NCC2OCCc3ccccc32)c(Cl)c1. The Balaban J connectivity index is 1.78. The van der Waals surface area contributed by atoms with E-state index >= 15 is 0 Å². The lowest BCUT2D eigenvalue weighted by atomic mass is 9.97. The Hall–Kier alpha value is -1.65. The average Bonchev–Trinajstić information content (AvgIpc) is 2.46. The molecule has 1 unspecified atom stereocenters. The largest absolute Gasteiger partial charge is 0.378 e. The Labute approximate surface area is 126 Å². The molecule has 1 aliphatic heterocycles. The molecular weight excluding hydrogens is 296 g/mol. The van der Waals surface area contributed by atoms with Crippen molar-refractivity contribution in [2.45, 2.75) is 12.5 Å². The Morgan fingerprint density at radius 2 is 2.05 bits per heavy atom. The molecule has 1 N–H and O–H groups in total. The summed E-state index contributed by atoms with van der Waals surface area (Å²) in [4.78, 5) is 0. The normalized spacial score (nSPS) is 17.4. The summed E-state index contributed by atoms with van der Waals surface area (Å²) in [6.07, 6.45) is 0.702. The van der Waals surface area contributed by atoms with Crippen molar-refractivity contribution in [1.29, 1.82) is 0 Å². The third-order valence-electron chi connectivity index (χ3n) is 3.56. The Morgan fingerprint density at radius 3 is 2.86 bits per heavy atom. The molecule has 2 nitrogen and oxygen atoms in total. The van der Waals surface area contributed by atoms with Gasteiger partial charge in [-0.25, -0.2) is 8.78 Å². The van der Waals surface area contributed by atoms with Crippen LogP contribution >= 0.6 is 11.6 Å². The van der Waals surface area contributed by atoms with Crippen molar-refractivity contribution in [2.75, 3.05) is 18.5 Å². The fourth-order valence-electron chi connectivity index (χ4n) is 2.55. The molecule has 2 aromatic carbocycles. The third-order valence-corrected chi connectivity index (χ3v) is 3.86. The maximum Gasteiger partial charge on any atom is 0.150 e. The molecule has 110 valence electrons. The quantitative estimate of drug-likeness (QED) is 0.910. The van der Waals surface area contributed by atoms with Gasteiger partial charge in [0.1, 0.15) is 5.82 Å². The summed E-state index contributed by atoms with van der Waals surface area (Å²) in [5, 5.41) is 2.95. The molecule has 0 aromatic heterocycles. The first-order valence-corrected chi connectivity index (χ1v) is 7.11. The van der Waals surface area contributed by atoms with Gasteiger partial charge in [0.05, 0.1) is 23.4 Å². The number of benzene rings is 2. The van der Waals surface area contributed by atoms with Crippen LogP contribution in [0.4, 0.5) is 14.5 Å². The van der Waals surface area contributed by atoms with Gasteiger partial charge >= 0.3 is 0 Å². The van der Waals surface area contributed by atoms with Crippen molar-refractivity contribution in [2.24, 2.45) is 0 Å². The van der Waals surface area contributed by atoms with Gasteiger partial charge in [0.2, 0.25) is 0 Å². The van der Waals surface area contributed by atoms with E-state index in [2.05, 4.69) is 11.4 Å². The molecule has 0 bridgehead atoms. The highest BCUT2D eigenvalue weighted by Gasteiger charge is 2.21. The molecule has 3 rings (SSSR count). The summed E-state index contributed by atoms with van der Waals surface area (Å²) in [5.41, 5.74) is 2.43. The highest BCUT2D eigenvalue weighted by atomic mass is 35.5. The monoisotopic (exact) mass is 309 g/mol. The van der Waals surface area contributed by atoms with Crippen LogP contribution in [0.25, 0.3) is 0 Å². The molecule has 21 heavy (non-hydrogen) atoms. The van der Waals surface area contributed by atoms with Gasteiger partial charge in [-0.1, -0.05) is 35.9 Å². The average molecular weight is 310 g/mol. The van der Waals surface area contributed by atoms with Gasteiger partial charge in [0.25, 0.3) is 0 Å². The van der Waals surface area contributed by atoms with Crippen LogP contribution in [0, 0.1) is 11.6 Å². The van der Waals surface area contributed by atoms with Gasteiger partial charge < -0.3 is 10.1 Å². The Bertz CT molecular complexity index is 639. The highest BCUT2D eigenvalue weighted by Crippen LogP contribution is 2.30. The van der Waals surface area contributed by atoms with E-state index < -0.39 is 11.6 Å². The summed E-state index contributed by atoms with van der Waals surface area (Å²) in [6, 6.07) is 9.91. The van der Waals surface area contributed by atoms with E-state index in [-0.39, 0.29) is 16.8 Å². The van der Waals surface area contributed by atoms with E-state index in [1.807, 2.05) is 18.2 Å². The van der Waals surface area contributed by atoms with Gasteiger partial charge in [-0.3, -0.25) is 0 Å². The first-order chi connectivity index (χ1) is 10.1. The fraction of sp³-hybridized carbons (Fsp3) is 0.250. The minimum absolute atomic E-state index is 0.0246. The molecule has 0 amide bonds. The molecule has 0 fully saturated rings. The Morgan fingerprint density at radius 1 is 1.24 bits per heavy atom. The highest BCUT2D eigenvalue weighted by molar-refractivity contribution is 6.33. The first-order valence-electron chi connectivity index (χ1n) is 6.73. The van der Waals surface area contributed by atoms with Crippen LogP contribution in [-0.4, -0.2) is 13.2 Å². The molecule has 0 saturated carbocycles. The van der Waals surface area contributed by atoms with Crippen LogP contribution < -0.4 is 5.32 Å². The zero-order chi connectivity index (χ0) is 14.8. The molecule has 1 aliphatic rings. The smallest absolute Gasteiger partial charge is 0.150 e. The van der Waals surface area contributed by atoms with E-state index in [1.54, 1.807) is 0 Å². The topological polar surface area (TPSA) is 21.3 Å². The van der Waals surface area contributed by atoms with Crippen molar-refractivity contribution in [3.05, 3.63) is 64.2 Å². The summed E-state index contributed by atoms with van der Waals surface area (Å²) >= 11 is 5.87. The predicted molar refractivity (Wildman–Crippen MR) is 78.7 cm³/mol. The van der Waals surface area contributed by atoms with Crippen LogP contribution in [0.2, 0.25) is 5.02 Å². The van der Waals surface area contributed by atoms with E-state index in [0.29, 0.717) is 13.2 Å². The van der Waals surface area contributed by atoms with Gasteiger partial charge in [0, 0.05) is 12.6 Å². The molecule has 0 radical (unpaired) electrons. The van der Waals surface area contributed by atoms with Gasteiger partial charge in [-0.2, -0.15) is 0 Å². The van der Waals surface area contributed by atoms with Gasteiger partial charge in [-0.05, 0) is 23.6 Å². The fourth-order valence-corrected chi connectivity index (χ4v) is 2.81. The van der Waals surface area contributed by atoms with E-state index in [0.717, 1.165) is 24.1 Å². The number of ether oxygens (including phenoxy) is 1. The lowest BCUT2D eigenvalue weighted by Gasteiger charge is -2.26. The van der Waals surface area contributed by atoms with E-state index in [4.69, 9.17) is 16.3 Å². The van der Waals surface area contributed by atoms with Crippen molar-refractivity contribution < 1.29 is 13.5 Å². The number of rotatable bonds is 3. The van der Waals surface area contributed by atoms with Crippen LogP contribution in [0.5, 0.6) is 0 Å². The second-order valence-electron chi connectivity index (χ2n) is 4.93. The number of halogens is 3. The number of anilines is 1.